The molecule has 5 heteroatoms. The van der Waals surface area contributed by atoms with E-state index in [4.69, 9.17) is 11.6 Å². The van der Waals surface area contributed by atoms with Crippen molar-refractivity contribution in [1.29, 1.82) is 0 Å². The highest BCUT2D eigenvalue weighted by atomic mass is 35.5. The first kappa shape index (κ1) is 12.8. The standard InChI is InChI=1S/C15H13ClN4/c16-14-15(19-13-9-5-4-8-12(13)18-14)20-17-10-11-6-2-1-3-7-11/h1-9,17H,10H2,(H,19,20). The first-order valence-electron chi connectivity index (χ1n) is 6.28. The van der Waals surface area contributed by atoms with E-state index in [1.165, 1.54) is 5.56 Å². The average molecular weight is 285 g/mol. The number of para-hydroxylation sites is 2. The van der Waals surface area contributed by atoms with Crippen LogP contribution in [0.2, 0.25) is 5.15 Å². The maximum absolute atomic E-state index is 6.11. The Morgan fingerprint density at radius 1 is 0.850 bits per heavy atom. The van der Waals surface area contributed by atoms with E-state index in [0.29, 0.717) is 17.5 Å². The van der Waals surface area contributed by atoms with E-state index >= 15 is 0 Å². The number of halogens is 1. The molecule has 0 amide bonds. The first-order valence-corrected chi connectivity index (χ1v) is 6.66. The summed E-state index contributed by atoms with van der Waals surface area (Å²) >= 11 is 6.11. The molecule has 0 aliphatic carbocycles. The van der Waals surface area contributed by atoms with Crippen LogP contribution in [0, 0.1) is 0 Å². The van der Waals surface area contributed by atoms with Gasteiger partial charge in [0.2, 0.25) is 0 Å². The van der Waals surface area contributed by atoms with Gasteiger partial charge in [0.05, 0.1) is 11.0 Å². The summed E-state index contributed by atoms with van der Waals surface area (Å²) in [6.45, 7) is 0.672. The number of hydrogen-bond acceptors (Lipinski definition) is 4. The van der Waals surface area contributed by atoms with E-state index < -0.39 is 0 Å². The van der Waals surface area contributed by atoms with Gasteiger partial charge >= 0.3 is 0 Å². The first-order chi connectivity index (χ1) is 9.83. The summed E-state index contributed by atoms with van der Waals surface area (Å²) in [6.07, 6.45) is 0. The van der Waals surface area contributed by atoms with Crippen molar-refractivity contribution in [1.82, 2.24) is 15.4 Å². The van der Waals surface area contributed by atoms with Gasteiger partial charge in [-0.2, -0.15) is 0 Å². The molecule has 0 bridgehead atoms. The summed E-state index contributed by atoms with van der Waals surface area (Å²) in [7, 11) is 0. The molecule has 100 valence electrons. The van der Waals surface area contributed by atoms with Crippen molar-refractivity contribution in [2.45, 2.75) is 6.54 Å². The molecule has 1 aromatic heterocycles. The lowest BCUT2D eigenvalue weighted by molar-refractivity contribution is 0.794. The lowest BCUT2D eigenvalue weighted by Crippen LogP contribution is -2.22. The highest BCUT2D eigenvalue weighted by molar-refractivity contribution is 6.32. The predicted molar refractivity (Wildman–Crippen MR) is 81.5 cm³/mol. The number of rotatable bonds is 4. The zero-order valence-electron chi connectivity index (χ0n) is 10.7. The molecular formula is C15H13ClN4. The predicted octanol–water partition coefficient (Wildman–Crippen LogP) is 3.40. The smallest absolute Gasteiger partial charge is 0.178 e. The number of hydrogen-bond donors (Lipinski definition) is 2. The topological polar surface area (TPSA) is 49.8 Å². The minimum atomic E-state index is 0.351. The van der Waals surface area contributed by atoms with Crippen molar-refractivity contribution >= 4 is 28.5 Å². The largest absolute Gasteiger partial charge is 0.303 e. The molecule has 2 aromatic carbocycles. The fourth-order valence-electron chi connectivity index (χ4n) is 1.88. The SMILES string of the molecule is Clc1nc2ccccc2nc1NNCc1ccccc1. The van der Waals surface area contributed by atoms with Gasteiger partial charge in [0.1, 0.15) is 0 Å². The lowest BCUT2D eigenvalue weighted by Gasteiger charge is -2.09. The number of aromatic nitrogens is 2. The second-order valence-corrected chi connectivity index (χ2v) is 4.67. The molecule has 0 aliphatic heterocycles. The van der Waals surface area contributed by atoms with Crippen molar-refractivity contribution in [3.05, 3.63) is 65.3 Å². The van der Waals surface area contributed by atoms with E-state index in [1.54, 1.807) is 0 Å². The minimum Gasteiger partial charge on any atom is -0.303 e. The van der Waals surface area contributed by atoms with Crippen LogP contribution in [-0.2, 0) is 6.54 Å². The second kappa shape index (κ2) is 5.86. The Kier molecular flexibility index (Phi) is 3.76. The fraction of sp³-hybridized carbons (Fsp3) is 0.0667. The Morgan fingerprint density at radius 3 is 2.25 bits per heavy atom. The van der Waals surface area contributed by atoms with E-state index in [9.17, 15) is 0 Å². The van der Waals surface area contributed by atoms with Crippen LogP contribution < -0.4 is 10.9 Å². The Balaban J connectivity index is 1.72. The van der Waals surface area contributed by atoms with Crippen LogP contribution in [0.4, 0.5) is 5.82 Å². The molecule has 0 radical (unpaired) electrons. The fourth-order valence-corrected chi connectivity index (χ4v) is 2.06. The monoisotopic (exact) mass is 284 g/mol. The van der Waals surface area contributed by atoms with Crippen molar-refractivity contribution in [3.8, 4) is 0 Å². The maximum atomic E-state index is 6.11. The van der Waals surface area contributed by atoms with Gasteiger partial charge < -0.3 is 5.43 Å². The normalized spacial score (nSPS) is 10.7. The van der Waals surface area contributed by atoms with Gasteiger partial charge in [0.15, 0.2) is 11.0 Å². The molecule has 0 unspecified atom stereocenters. The van der Waals surface area contributed by atoms with E-state index in [0.717, 1.165) is 11.0 Å². The average Bonchev–Trinajstić information content (AvgIpc) is 2.49. The number of fused-ring (bicyclic) bond motifs is 1. The van der Waals surface area contributed by atoms with E-state index in [2.05, 4.69) is 20.8 Å². The van der Waals surface area contributed by atoms with Gasteiger partial charge in [-0.05, 0) is 17.7 Å². The molecule has 0 saturated heterocycles. The summed E-state index contributed by atoms with van der Waals surface area (Å²) in [5.74, 6) is 0.529. The van der Waals surface area contributed by atoms with Gasteiger partial charge in [-0.1, -0.05) is 54.1 Å². The van der Waals surface area contributed by atoms with Gasteiger partial charge in [0.25, 0.3) is 0 Å². The minimum absolute atomic E-state index is 0.351. The molecule has 2 N–H and O–H groups in total. The molecule has 0 aliphatic rings. The molecule has 20 heavy (non-hydrogen) atoms. The molecule has 0 atom stereocenters. The van der Waals surface area contributed by atoms with Crippen LogP contribution in [0.25, 0.3) is 11.0 Å². The zero-order valence-corrected chi connectivity index (χ0v) is 11.4. The summed E-state index contributed by atoms with van der Waals surface area (Å²) < 4.78 is 0. The molecule has 0 spiro atoms. The number of nitrogens with zero attached hydrogens (tertiary/aromatic N) is 2. The van der Waals surface area contributed by atoms with Crippen molar-refractivity contribution in [2.75, 3.05) is 5.43 Å². The number of nitrogens with one attached hydrogen (secondary N) is 2. The molecule has 4 nitrogen and oxygen atoms in total. The van der Waals surface area contributed by atoms with Crippen LogP contribution in [0.1, 0.15) is 5.56 Å². The Hall–Kier alpha value is -2.17. The number of benzene rings is 2. The van der Waals surface area contributed by atoms with Gasteiger partial charge in [0, 0.05) is 6.54 Å². The van der Waals surface area contributed by atoms with Crippen molar-refractivity contribution in [3.63, 3.8) is 0 Å². The third-order valence-corrected chi connectivity index (χ3v) is 3.13. The zero-order chi connectivity index (χ0) is 13.8. The van der Waals surface area contributed by atoms with E-state index in [-0.39, 0.29) is 0 Å². The molecule has 3 rings (SSSR count). The Labute approximate surface area is 121 Å². The highest BCUT2D eigenvalue weighted by Gasteiger charge is 2.05. The molecular weight excluding hydrogens is 272 g/mol. The summed E-state index contributed by atoms with van der Waals surface area (Å²) in [5, 5.41) is 0.351. The highest BCUT2D eigenvalue weighted by Crippen LogP contribution is 2.20. The van der Waals surface area contributed by atoms with Crippen LogP contribution in [-0.4, -0.2) is 9.97 Å². The third-order valence-electron chi connectivity index (χ3n) is 2.87. The van der Waals surface area contributed by atoms with Crippen molar-refractivity contribution in [2.24, 2.45) is 0 Å². The Morgan fingerprint density at radius 2 is 1.50 bits per heavy atom. The summed E-state index contributed by atoms with van der Waals surface area (Å²) in [5.41, 5.74) is 8.85. The Bertz CT molecular complexity index is 715. The molecule has 3 aromatic rings. The van der Waals surface area contributed by atoms with Crippen LogP contribution >= 0.6 is 11.6 Å². The van der Waals surface area contributed by atoms with Crippen molar-refractivity contribution < 1.29 is 0 Å². The van der Waals surface area contributed by atoms with E-state index in [1.807, 2.05) is 54.6 Å². The lowest BCUT2D eigenvalue weighted by atomic mass is 10.2. The number of hydrazine groups is 1. The third kappa shape index (κ3) is 2.87. The van der Waals surface area contributed by atoms with Crippen LogP contribution in [0.5, 0.6) is 0 Å². The summed E-state index contributed by atoms with van der Waals surface area (Å²) in [6, 6.07) is 17.7. The van der Waals surface area contributed by atoms with Crippen LogP contribution in [0.15, 0.2) is 54.6 Å². The molecule has 0 fully saturated rings. The van der Waals surface area contributed by atoms with Gasteiger partial charge in [-0.25, -0.2) is 15.4 Å². The van der Waals surface area contributed by atoms with Crippen LogP contribution in [0.3, 0.4) is 0 Å². The number of anilines is 1. The molecule has 0 saturated carbocycles. The molecule has 1 heterocycles. The van der Waals surface area contributed by atoms with Gasteiger partial charge in [-0.15, -0.1) is 0 Å². The second-order valence-electron chi connectivity index (χ2n) is 4.32. The maximum Gasteiger partial charge on any atom is 0.178 e. The quantitative estimate of drug-likeness (QED) is 0.721. The van der Waals surface area contributed by atoms with Gasteiger partial charge in [-0.3, -0.25) is 0 Å². The summed E-state index contributed by atoms with van der Waals surface area (Å²) in [4.78, 5) is 8.74.